The number of hydrogen-bond acceptors (Lipinski definition) is 4. The van der Waals surface area contributed by atoms with Gasteiger partial charge < -0.3 is 19.3 Å². The number of pyridine rings is 1. The zero-order valence-corrected chi connectivity index (χ0v) is 26.6. The Bertz CT molecular complexity index is 850. The summed E-state index contributed by atoms with van der Waals surface area (Å²) >= 11 is 0. The van der Waals surface area contributed by atoms with Crippen LogP contribution in [-0.4, -0.2) is 78.0 Å². The Hall–Kier alpha value is -1.66. The molecule has 1 aromatic heterocycles. The normalized spacial score (nSPS) is 18.2. The van der Waals surface area contributed by atoms with Gasteiger partial charge in [0.05, 0.1) is 0 Å². The summed E-state index contributed by atoms with van der Waals surface area (Å²) in [5.41, 5.74) is 0.960. The van der Waals surface area contributed by atoms with Crippen molar-refractivity contribution >= 4 is 5.91 Å². The van der Waals surface area contributed by atoms with Crippen LogP contribution in [0.4, 0.5) is 0 Å². The van der Waals surface area contributed by atoms with Crippen LogP contribution < -0.4 is 5.56 Å². The lowest BCUT2D eigenvalue weighted by Gasteiger charge is -2.33. The predicted molar refractivity (Wildman–Crippen MR) is 163 cm³/mol. The van der Waals surface area contributed by atoms with Gasteiger partial charge in [0.15, 0.2) is 0 Å². The van der Waals surface area contributed by atoms with Crippen molar-refractivity contribution in [3.8, 4) is 0 Å². The van der Waals surface area contributed by atoms with E-state index < -0.39 is 0 Å². The summed E-state index contributed by atoms with van der Waals surface area (Å²) < 4.78 is 1.74. The zero-order chi connectivity index (χ0) is 29.0. The first-order valence-electron chi connectivity index (χ1n) is 14.8. The maximum Gasteiger partial charge on any atom is 0.250 e. The van der Waals surface area contributed by atoms with Crippen LogP contribution in [0.5, 0.6) is 0 Å². The molecule has 3 heterocycles. The highest BCUT2D eigenvalue weighted by Crippen LogP contribution is 2.20. The molecule has 2 aliphatic heterocycles. The summed E-state index contributed by atoms with van der Waals surface area (Å²) in [5.74, 6) is 0.354. The monoisotopic (exact) mass is 532 g/mol. The highest BCUT2D eigenvalue weighted by molar-refractivity contribution is 5.76. The molecular formula is C32H60N4O2. The van der Waals surface area contributed by atoms with E-state index in [-0.39, 0.29) is 16.4 Å². The Labute approximate surface area is 234 Å². The Morgan fingerprint density at radius 1 is 0.711 bits per heavy atom. The maximum absolute atomic E-state index is 11.6. The molecular weight excluding hydrogens is 472 g/mol. The summed E-state index contributed by atoms with van der Waals surface area (Å²) in [6.45, 7) is 28.8. The predicted octanol–water partition coefficient (Wildman–Crippen LogP) is 6.00. The quantitative estimate of drug-likeness (QED) is 0.477. The molecule has 1 amide bonds. The number of carbonyl (C=O) groups is 1. The van der Waals surface area contributed by atoms with Gasteiger partial charge in [-0.05, 0) is 55.2 Å². The molecule has 6 nitrogen and oxygen atoms in total. The second kappa shape index (κ2) is 15.8. The lowest BCUT2D eigenvalue weighted by atomic mass is 9.92. The van der Waals surface area contributed by atoms with Crippen LogP contribution in [0.25, 0.3) is 0 Å². The highest BCUT2D eigenvalue weighted by Gasteiger charge is 2.22. The SMILES string of the molecule is CC(C)(C)CN1CCCCCC1=O.CC(C)(C)Cn1ccccc1=O.CN1CCN(CCC(C)(C)C)CC1. The molecule has 3 rings (SSSR count). The van der Waals surface area contributed by atoms with Crippen LogP contribution in [0.3, 0.4) is 0 Å². The second-order valence-electron chi connectivity index (χ2n) is 14.9. The van der Waals surface area contributed by atoms with Crippen LogP contribution in [0.1, 0.15) is 94.4 Å². The Kier molecular flexibility index (Phi) is 14.3. The third-order valence-electron chi connectivity index (χ3n) is 6.65. The number of likely N-dealkylation sites (tertiary alicyclic amines) is 1. The maximum atomic E-state index is 11.6. The Morgan fingerprint density at radius 2 is 1.32 bits per heavy atom. The first kappa shape index (κ1) is 34.4. The minimum atomic E-state index is 0.0763. The van der Waals surface area contributed by atoms with Gasteiger partial charge in [0, 0.05) is 64.5 Å². The first-order chi connectivity index (χ1) is 17.5. The van der Waals surface area contributed by atoms with Gasteiger partial charge in [-0.3, -0.25) is 9.59 Å². The first-order valence-corrected chi connectivity index (χ1v) is 14.8. The second-order valence-corrected chi connectivity index (χ2v) is 14.9. The van der Waals surface area contributed by atoms with E-state index in [1.54, 1.807) is 16.7 Å². The van der Waals surface area contributed by atoms with Crippen molar-refractivity contribution in [2.45, 2.75) is 101 Å². The van der Waals surface area contributed by atoms with Gasteiger partial charge in [0.1, 0.15) is 0 Å². The summed E-state index contributed by atoms with van der Waals surface area (Å²) in [6.07, 6.45) is 7.38. The molecule has 0 unspecified atom stereocenters. The zero-order valence-electron chi connectivity index (χ0n) is 26.6. The third-order valence-corrected chi connectivity index (χ3v) is 6.65. The average Bonchev–Trinajstić information content (AvgIpc) is 2.97. The summed E-state index contributed by atoms with van der Waals surface area (Å²) in [4.78, 5) is 29.9. The highest BCUT2D eigenvalue weighted by atomic mass is 16.2. The molecule has 0 bridgehead atoms. The van der Waals surface area contributed by atoms with Crippen molar-refractivity contribution in [2.24, 2.45) is 16.2 Å². The molecule has 0 radical (unpaired) electrons. The van der Waals surface area contributed by atoms with Gasteiger partial charge in [-0.15, -0.1) is 0 Å². The van der Waals surface area contributed by atoms with E-state index in [1.165, 1.54) is 52.0 Å². The number of piperazine rings is 1. The summed E-state index contributed by atoms with van der Waals surface area (Å²) in [7, 11) is 2.21. The van der Waals surface area contributed by atoms with Crippen LogP contribution in [0.2, 0.25) is 0 Å². The third kappa shape index (κ3) is 17.0. The fraction of sp³-hybridized carbons (Fsp3) is 0.812. The molecule has 0 atom stereocenters. The average molecular weight is 533 g/mol. The number of amides is 1. The van der Waals surface area contributed by atoms with Crippen molar-refractivity contribution in [1.29, 1.82) is 0 Å². The van der Waals surface area contributed by atoms with Crippen molar-refractivity contribution < 1.29 is 4.79 Å². The van der Waals surface area contributed by atoms with Crippen molar-refractivity contribution in [3.63, 3.8) is 0 Å². The van der Waals surface area contributed by atoms with Crippen LogP contribution in [0.15, 0.2) is 29.2 Å². The topological polar surface area (TPSA) is 48.8 Å². The van der Waals surface area contributed by atoms with E-state index in [4.69, 9.17) is 0 Å². The number of hydrogen-bond donors (Lipinski definition) is 0. The molecule has 0 aromatic carbocycles. The van der Waals surface area contributed by atoms with Gasteiger partial charge in [0.2, 0.25) is 5.91 Å². The number of likely N-dealkylation sites (N-methyl/N-ethyl adjacent to an activating group) is 1. The molecule has 2 saturated heterocycles. The van der Waals surface area contributed by atoms with E-state index in [0.29, 0.717) is 11.3 Å². The van der Waals surface area contributed by atoms with E-state index in [1.807, 2.05) is 17.2 Å². The minimum absolute atomic E-state index is 0.0763. The molecule has 38 heavy (non-hydrogen) atoms. The largest absolute Gasteiger partial charge is 0.342 e. The van der Waals surface area contributed by atoms with E-state index in [0.717, 1.165) is 32.5 Å². The number of nitrogens with zero attached hydrogens (tertiary/aromatic N) is 4. The van der Waals surface area contributed by atoms with Gasteiger partial charge >= 0.3 is 0 Å². The van der Waals surface area contributed by atoms with Crippen LogP contribution >= 0.6 is 0 Å². The molecule has 6 heteroatoms. The molecule has 2 aliphatic rings. The van der Waals surface area contributed by atoms with Crippen molar-refractivity contribution in [2.75, 3.05) is 52.9 Å². The van der Waals surface area contributed by atoms with E-state index >= 15 is 0 Å². The number of aromatic nitrogens is 1. The van der Waals surface area contributed by atoms with Crippen molar-refractivity contribution in [3.05, 3.63) is 34.7 Å². The lowest BCUT2D eigenvalue weighted by molar-refractivity contribution is -0.131. The van der Waals surface area contributed by atoms with Gasteiger partial charge in [0.25, 0.3) is 5.56 Å². The smallest absolute Gasteiger partial charge is 0.250 e. The van der Waals surface area contributed by atoms with E-state index in [2.05, 4.69) is 79.2 Å². The lowest BCUT2D eigenvalue weighted by Crippen LogP contribution is -2.45. The minimum Gasteiger partial charge on any atom is -0.342 e. The molecule has 2 fully saturated rings. The molecule has 1 aromatic rings. The number of carbonyl (C=O) groups excluding carboxylic acids is 1. The number of rotatable bonds is 4. The van der Waals surface area contributed by atoms with Crippen LogP contribution in [-0.2, 0) is 11.3 Å². The standard InChI is InChI=1S/C11H24N2.C11H21NO.C10H15NO/c1-11(2,3)5-6-13-9-7-12(4)8-10-13;1-11(2,3)9-12-8-6-4-5-7-10(12)13;1-10(2,3)8-11-7-5-4-6-9(11)12/h5-10H2,1-4H3;4-9H2,1-3H3;4-7H,8H2,1-3H3. The van der Waals surface area contributed by atoms with E-state index in [9.17, 15) is 9.59 Å². The van der Waals surface area contributed by atoms with Gasteiger partial charge in [-0.25, -0.2) is 0 Å². The Balaban J connectivity index is 0.000000285. The van der Waals surface area contributed by atoms with Crippen molar-refractivity contribution in [1.82, 2.24) is 19.3 Å². The molecule has 0 saturated carbocycles. The fourth-order valence-electron chi connectivity index (χ4n) is 4.45. The molecule has 220 valence electrons. The van der Waals surface area contributed by atoms with Crippen LogP contribution in [0, 0.1) is 16.2 Å². The summed E-state index contributed by atoms with van der Waals surface area (Å²) in [6, 6.07) is 5.24. The molecule has 0 N–H and O–H groups in total. The fourth-order valence-corrected chi connectivity index (χ4v) is 4.45. The van der Waals surface area contributed by atoms with Gasteiger partial charge in [-0.2, -0.15) is 0 Å². The molecule has 0 aliphatic carbocycles. The molecule has 0 spiro atoms. The Morgan fingerprint density at radius 3 is 1.84 bits per heavy atom. The summed E-state index contributed by atoms with van der Waals surface area (Å²) in [5, 5.41) is 0. The van der Waals surface area contributed by atoms with Gasteiger partial charge in [-0.1, -0.05) is 74.8 Å².